The molecule has 0 atom stereocenters. The first kappa shape index (κ1) is 13.2. The highest BCUT2D eigenvalue weighted by Gasteiger charge is 2.15. The topological polar surface area (TPSA) is 72.5 Å². The number of aromatic amines is 1. The Balaban J connectivity index is 2.01. The van der Waals surface area contributed by atoms with Crippen LogP contribution in [0.5, 0.6) is 0 Å². The number of aryl methyl sites for hydroxylation is 3. The van der Waals surface area contributed by atoms with E-state index in [0.717, 1.165) is 32.5 Å². The minimum Gasteiger partial charge on any atom is -0.333 e. The van der Waals surface area contributed by atoms with Crippen LogP contribution < -0.4 is 5.73 Å². The summed E-state index contributed by atoms with van der Waals surface area (Å²) in [5.74, 6) is 0. The smallest absolute Gasteiger partial charge is 0.172 e. The van der Waals surface area contributed by atoms with Crippen LogP contribution in [0.1, 0.15) is 16.8 Å². The molecular weight excluding hydrogens is 270 g/mol. The summed E-state index contributed by atoms with van der Waals surface area (Å²) in [5, 5.41) is 6.33. The summed E-state index contributed by atoms with van der Waals surface area (Å²) in [7, 11) is 1.93. The molecule has 5 nitrogen and oxygen atoms in total. The lowest BCUT2D eigenvalue weighted by Gasteiger charge is -2.01. The summed E-state index contributed by atoms with van der Waals surface area (Å²) in [6.45, 7) is 4.54. The van der Waals surface area contributed by atoms with E-state index in [4.69, 9.17) is 5.73 Å². The fraction of sp³-hybridized carbons (Fsp3) is 0.286. The third-order valence-corrected chi connectivity index (χ3v) is 4.39. The molecule has 0 unspecified atom stereocenters. The van der Waals surface area contributed by atoms with Gasteiger partial charge in [-0.3, -0.25) is 4.68 Å². The molecule has 3 aromatic rings. The second kappa shape index (κ2) is 4.96. The molecule has 2 aromatic heterocycles. The molecule has 0 aliphatic rings. The number of imidazole rings is 1. The van der Waals surface area contributed by atoms with Gasteiger partial charge in [-0.05, 0) is 43.3 Å². The number of nitrogens with two attached hydrogens (primary N) is 1. The van der Waals surface area contributed by atoms with E-state index >= 15 is 0 Å². The molecule has 2 heterocycles. The monoisotopic (exact) mass is 287 g/mol. The van der Waals surface area contributed by atoms with Crippen molar-refractivity contribution in [3.63, 3.8) is 0 Å². The number of H-pyrrole nitrogens is 1. The molecule has 104 valence electrons. The first-order valence-electron chi connectivity index (χ1n) is 6.45. The molecule has 0 amide bonds. The molecule has 0 fully saturated rings. The third-order valence-electron chi connectivity index (χ3n) is 3.30. The Morgan fingerprint density at radius 1 is 1.35 bits per heavy atom. The van der Waals surface area contributed by atoms with Crippen molar-refractivity contribution in [3.8, 4) is 0 Å². The zero-order valence-electron chi connectivity index (χ0n) is 11.8. The quantitative estimate of drug-likeness (QED) is 0.776. The molecule has 6 heteroatoms. The fourth-order valence-corrected chi connectivity index (χ4v) is 3.30. The Hall–Kier alpha value is -1.79. The largest absolute Gasteiger partial charge is 0.333 e. The zero-order valence-corrected chi connectivity index (χ0v) is 12.6. The van der Waals surface area contributed by atoms with Gasteiger partial charge >= 0.3 is 0 Å². The van der Waals surface area contributed by atoms with E-state index in [1.54, 1.807) is 11.8 Å². The fourth-order valence-electron chi connectivity index (χ4n) is 2.28. The van der Waals surface area contributed by atoms with E-state index in [2.05, 4.69) is 34.1 Å². The van der Waals surface area contributed by atoms with Crippen molar-refractivity contribution < 1.29 is 0 Å². The molecular formula is C14H17N5S. The Morgan fingerprint density at radius 3 is 2.90 bits per heavy atom. The number of hydrogen-bond acceptors (Lipinski definition) is 4. The summed E-state index contributed by atoms with van der Waals surface area (Å²) >= 11 is 1.57. The molecule has 0 radical (unpaired) electrons. The Morgan fingerprint density at radius 2 is 2.15 bits per heavy atom. The third kappa shape index (κ3) is 2.21. The molecule has 0 aliphatic carbocycles. The van der Waals surface area contributed by atoms with Crippen molar-refractivity contribution in [2.45, 2.75) is 30.6 Å². The number of nitrogens with zero attached hydrogens (tertiary/aromatic N) is 3. The van der Waals surface area contributed by atoms with Crippen LogP contribution in [0.3, 0.4) is 0 Å². The number of benzene rings is 1. The van der Waals surface area contributed by atoms with Gasteiger partial charge in [0.05, 0.1) is 16.7 Å². The van der Waals surface area contributed by atoms with Gasteiger partial charge < -0.3 is 10.7 Å². The van der Waals surface area contributed by atoms with Crippen molar-refractivity contribution in [1.29, 1.82) is 0 Å². The maximum atomic E-state index is 5.82. The molecule has 0 bridgehead atoms. The summed E-state index contributed by atoms with van der Waals surface area (Å²) in [6.07, 6.45) is 0. The maximum absolute atomic E-state index is 5.82. The van der Waals surface area contributed by atoms with Crippen molar-refractivity contribution in [2.24, 2.45) is 12.8 Å². The Bertz CT molecular complexity index is 771. The molecule has 0 aliphatic heterocycles. The standard InChI is InChI=1S/C14H17N5S/c1-8-4-5-11-12(6-8)17-14(16-11)20-13-10(7-15)9(2)18-19(13)3/h4-6H,7,15H2,1-3H3,(H,16,17). The SMILES string of the molecule is Cc1ccc2nc(Sc3c(CN)c(C)nn3C)[nH]c2c1. The van der Waals surface area contributed by atoms with Gasteiger partial charge in [-0.25, -0.2) is 4.98 Å². The van der Waals surface area contributed by atoms with Crippen molar-refractivity contribution in [2.75, 3.05) is 0 Å². The van der Waals surface area contributed by atoms with Crippen LogP contribution in [-0.2, 0) is 13.6 Å². The molecule has 1 aromatic carbocycles. The van der Waals surface area contributed by atoms with E-state index in [1.165, 1.54) is 5.56 Å². The average molecular weight is 287 g/mol. The van der Waals surface area contributed by atoms with Crippen LogP contribution in [0.2, 0.25) is 0 Å². The van der Waals surface area contributed by atoms with Crippen LogP contribution >= 0.6 is 11.8 Å². The van der Waals surface area contributed by atoms with Crippen molar-refractivity contribution in [1.82, 2.24) is 19.7 Å². The summed E-state index contributed by atoms with van der Waals surface area (Å²) in [6, 6.07) is 6.20. The number of fused-ring (bicyclic) bond motifs is 1. The van der Waals surface area contributed by atoms with Gasteiger partial charge in [0.2, 0.25) is 0 Å². The Labute approximate surface area is 121 Å². The highest BCUT2D eigenvalue weighted by atomic mass is 32.2. The maximum Gasteiger partial charge on any atom is 0.172 e. The molecule has 0 saturated carbocycles. The number of rotatable bonds is 3. The van der Waals surface area contributed by atoms with Crippen LogP contribution in [0.4, 0.5) is 0 Å². The summed E-state index contributed by atoms with van der Waals surface area (Å²) < 4.78 is 1.86. The second-order valence-electron chi connectivity index (χ2n) is 4.86. The first-order valence-corrected chi connectivity index (χ1v) is 7.27. The van der Waals surface area contributed by atoms with Gasteiger partial charge in [0.15, 0.2) is 5.16 Å². The molecule has 0 spiro atoms. The van der Waals surface area contributed by atoms with Crippen LogP contribution in [-0.4, -0.2) is 19.7 Å². The number of nitrogens with one attached hydrogen (secondary N) is 1. The van der Waals surface area contributed by atoms with Crippen LogP contribution in [0.15, 0.2) is 28.4 Å². The highest BCUT2D eigenvalue weighted by Crippen LogP contribution is 2.31. The van der Waals surface area contributed by atoms with Crippen LogP contribution in [0.25, 0.3) is 11.0 Å². The molecule has 20 heavy (non-hydrogen) atoms. The van der Waals surface area contributed by atoms with Gasteiger partial charge in [0, 0.05) is 19.2 Å². The predicted molar refractivity (Wildman–Crippen MR) is 80.8 cm³/mol. The molecule has 3 N–H and O–H groups in total. The van der Waals surface area contributed by atoms with Gasteiger partial charge in [-0.15, -0.1) is 0 Å². The van der Waals surface area contributed by atoms with Crippen LogP contribution in [0, 0.1) is 13.8 Å². The minimum absolute atomic E-state index is 0.487. The van der Waals surface area contributed by atoms with Gasteiger partial charge in [-0.2, -0.15) is 5.10 Å². The Kier molecular flexibility index (Phi) is 3.27. The summed E-state index contributed by atoms with van der Waals surface area (Å²) in [4.78, 5) is 7.94. The molecule has 0 saturated heterocycles. The van der Waals surface area contributed by atoms with Gasteiger partial charge in [-0.1, -0.05) is 6.07 Å². The van der Waals surface area contributed by atoms with E-state index in [1.807, 2.05) is 24.7 Å². The van der Waals surface area contributed by atoms with E-state index in [-0.39, 0.29) is 0 Å². The van der Waals surface area contributed by atoms with E-state index < -0.39 is 0 Å². The average Bonchev–Trinajstić information content (AvgIpc) is 2.90. The second-order valence-corrected chi connectivity index (χ2v) is 5.84. The summed E-state index contributed by atoms with van der Waals surface area (Å²) in [5.41, 5.74) is 11.1. The van der Waals surface area contributed by atoms with Gasteiger partial charge in [0.25, 0.3) is 0 Å². The first-order chi connectivity index (χ1) is 9.58. The lowest BCUT2D eigenvalue weighted by molar-refractivity contribution is 0.687. The van der Waals surface area contributed by atoms with Gasteiger partial charge in [0.1, 0.15) is 5.03 Å². The van der Waals surface area contributed by atoms with E-state index in [0.29, 0.717) is 6.54 Å². The lowest BCUT2D eigenvalue weighted by atomic mass is 10.2. The highest BCUT2D eigenvalue weighted by molar-refractivity contribution is 7.99. The predicted octanol–water partition coefficient (Wildman–Crippen LogP) is 2.52. The number of hydrogen-bond donors (Lipinski definition) is 2. The van der Waals surface area contributed by atoms with E-state index in [9.17, 15) is 0 Å². The minimum atomic E-state index is 0.487. The van der Waals surface area contributed by atoms with Crippen molar-refractivity contribution in [3.05, 3.63) is 35.0 Å². The molecule has 3 rings (SSSR count). The number of aromatic nitrogens is 4. The normalized spacial score (nSPS) is 11.4. The lowest BCUT2D eigenvalue weighted by Crippen LogP contribution is -1.99. The van der Waals surface area contributed by atoms with Crippen molar-refractivity contribution >= 4 is 22.8 Å². The zero-order chi connectivity index (χ0) is 14.3.